The third-order valence-corrected chi connectivity index (χ3v) is 2.64. The van der Waals surface area contributed by atoms with Crippen molar-refractivity contribution in [3.05, 3.63) is 24.0 Å². The molecule has 0 spiro atoms. The highest BCUT2D eigenvalue weighted by Gasteiger charge is 2.30. The lowest BCUT2D eigenvalue weighted by molar-refractivity contribution is -0.141. The van der Waals surface area contributed by atoms with E-state index in [1.165, 1.54) is 12.4 Å². The second-order valence-corrected chi connectivity index (χ2v) is 3.63. The lowest BCUT2D eigenvalue weighted by Gasteiger charge is -2.34. The minimum atomic E-state index is -0.961. The summed E-state index contributed by atoms with van der Waals surface area (Å²) in [7, 11) is 0. The molecule has 0 bridgehead atoms. The van der Waals surface area contributed by atoms with Gasteiger partial charge in [0.05, 0.1) is 30.7 Å². The first-order valence-electron chi connectivity index (χ1n) is 5.15. The van der Waals surface area contributed by atoms with Crippen LogP contribution in [-0.2, 0) is 9.53 Å². The molecule has 6 nitrogen and oxygen atoms in total. The highest BCUT2D eigenvalue weighted by molar-refractivity contribution is 5.79. The molecule has 2 rings (SSSR count). The summed E-state index contributed by atoms with van der Waals surface area (Å²) < 4.78 is 5.14. The number of nitrogens with zero attached hydrogens (tertiary/aromatic N) is 3. The van der Waals surface area contributed by atoms with Gasteiger partial charge in [-0.15, -0.1) is 0 Å². The summed E-state index contributed by atoms with van der Waals surface area (Å²) in [5, 5.41) is 18.1. The van der Waals surface area contributed by atoms with Crippen molar-refractivity contribution in [3.8, 4) is 6.07 Å². The molecule has 1 saturated heterocycles. The van der Waals surface area contributed by atoms with Crippen LogP contribution in [0.1, 0.15) is 5.56 Å². The Balaban J connectivity index is 2.36. The zero-order valence-electron chi connectivity index (χ0n) is 9.04. The molecule has 0 saturated carbocycles. The molecule has 1 aliphatic rings. The fraction of sp³-hybridized carbons (Fsp3) is 0.364. The first kappa shape index (κ1) is 11.4. The van der Waals surface area contributed by atoms with Crippen LogP contribution < -0.4 is 4.90 Å². The first-order chi connectivity index (χ1) is 8.24. The van der Waals surface area contributed by atoms with Gasteiger partial charge in [-0.25, -0.2) is 4.79 Å². The zero-order valence-corrected chi connectivity index (χ0v) is 9.04. The van der Waals surface area contributed by atoms with Crippen molar-refractivity contribution in [3.63, 3.8) is 0 Å². The fourth-order valence-corrected chi connectivity index (χ4v) is 1.81. The Labute approximate surface area is 98.1 Å². The van der Waals surface area contributed by atoms with Gasteiger partial charge < -0.3 is 14.7 Å². The first-order valence-corrected chi connectivity index (χ1v) is 5.15. The maximum atomic E-state index is 11.1. The van der Waals surface area contributed by atoms with Crippen LogP contribution in [0.15, 0.2) is 18.5 Å². The Hall–Kier alpha value is -2.13. The van der Waals surface area contributed by atoms with E-state index in [2.05, 4.69) is 4.98 Å². The van der Waals surface area contributed by atoms with Crippen LogP contribution in [0.25, 0.3) is 0 Å². The van der Waals surface area contributed by atoms with Crippen LogP contribution in [0.2, 0.25) is 0 Å². The predicted octanol–water partition coefficient (Wildman–Crippen LogP) is 0.243. The maximum Gasteiger partial charge on any atom is 0.328 e. The van der Waals surface area contributed by atoms with Crippen LogP contribution in [0.4, 0.5) is 5.69 Å². The van der Waals surface area contributed by atoms with Crippen molar-refractivity contribution in [1.29, 1.82) is 5.26 Å². The second-order valence-electron chi connectivity index (χ2n) is 3.63. The van der Waals surface area contributed by atoms with Gasteiger partial charge in [0.15, 0.2) is 6.04 Å². The van der Waals surface area contributed by atoms with E-state index in [4.69, 9.17) is 15.1 Å². The van der Waals surface area contributed by atoms with E-state index < -0.39 is 12.0 Å². The topological polar surface area (TPSA) is 86.5 Å². The van der Waals surface area contributed by atoms with E-state index in [9.17, 15) is 4.79 Å². The van der Waals surface area contributed by atoms with E-state index in [0.29, 0.717) is 24.4 Å². The number of morpholine rings is 1. The number of carboxylic acid groups (broad SMARTS) is 1. The number of aromatic nitrogens is 1. The molecular formula is C11H11N3O3. The summed E-state index contributed by atoms with van der Waals surface area (Å²) in [5.74, 6) is -0.961. The van der Waals surface area contributed by atoms with E-state index in [-0.39, 0.29) is 6.61 Å². The van der Waals surface area contributed by atoms with Crippen molar-refractivity contribution in [1.82, 2.24) is 4.98 Å². The zero-order chi connectivity index (χ0) is 12.3. The van der Waals surface area contributed by atoms with Crippen molar-refractivity contribution in [2.24, 2.45) is 0 Å². The molecule has 0 radical (unpaired) electrons. The van der Waals surface area contributed by atoms with Crippen LogP contribution in [0.3, 0.4) is 0 Å². The maximum absolute atomic E-state index is 11.1. The third-order valence-electron chi connectivity index (χ3n) is 2.64. The monoisotopic (exact) mass is 233 g/mol. The summed E-state index contributed by atoms with van der Waals surface area (Å²) >= 11 is 0. The standard InChI is InChI=1S/C11H11N3O3/c12-5-8-1-2-13-6-9(8)14-3-4-17-7-10(14)11(15)16/h1-2,6,10H,3-4,7H2,(H,15,16). The molecule has 1 aromatic heterocycles. The lowest BCUT2D eigenvalue weighted by Crippen LogP contribution is -2.50. The van der Waals surface area contributed by atoms with Crippen LogP contribution in [-0.4, -0.2) is 41.9 Å². The summed E-state index contributed by atoms with van der Waals surface area (Å²) in [5.41, 5.74) is 0.971. The van der Waals surface area contributed by atoms with Gasteiger partial charge in [0.25, 0.3) is 0 Å². The summed E-state index contributed by atoms with van der Waals surface area (Å²) in [6.45, 7) is 1.01. The van der Waals surface area contributed by atoms with Gasteiger partial charge in [-0.2, -0.15) is 5.26 Å². The average molecular weight is 233 g/mol. The average Bonchev–Trinajstić information content (AvgIpc) is 2.38. The Morgan fingerprint density at radius 2 is 2.53 bits per heavy atom. The molecule has 1 unspecified atom stereocenters. The third kappa shape index (κ3) is 2.19. The van der Waals surface area contributed by atoms with Crippen molar-refractivity contribution in [2.45, 2.75) is 6.04 Å². The fourth-order valence-electron chi connectivity index (χ4n) is 1.81. The molecule has 88 valence electrons. The number of nitriles is 1. The minimum absolute atomic E-state index is 0.120. The molecule has 1 atom stereocenters. The quantitative estimate of drug-likeness (QED) is 0.787. The summed E-state index contributed by atoms with van der Waals surface area (Å²) in [6.07, 6.45) is 3.03. The number of anilines is 1. The van der Waals surface area contributed by atoms with Gasteiger partial charge in [-0.05, 0) is 6.07 Å². The Morgan fingerprint density at radius 3 is 3.24 bits per heavy atom. The SMILES string of the molecule is N#Cc1ccncc1N1CCOCC1C(=O)O. The molecule has 0 aromatic carbocycles. The minimum Gasteiger partial charge on any atom is -0.480 e. The molecule has 1 N–H and O–H groups in total. The normalized spacial score (nSPS) is 19.7. The van der Waals surface area contributed by atoms with Crippen molar-refractivity contribution < 1.29 is 14.6 Å². The highest BCUT2D eigenvalue weighted by atomic mass is 16.5. The molecule has 6 heteroatoms. The van der Waals surface area contributed by atoms with Gasteiger partial charge in [-0.3, -0.25) is 4.98 Å². The lowest BCUT2D eigenvalue weighted by atomic mass is 10.1. The molecule has 0 aliphatic carbocycles. The highest BCUT2D eigenvalue weighted by Crippen LogP contribution is 2.22. The number of ether oxygens (including phenoxy) is 1. The van der Waals surface area contributed by atoms with Crippen molar-refractivity contribution >= 4 is 11.7 Å². The van der Waals surface area contributed by atoms with Gasteiger partial charge in [0.2, 0.25) is 0 Å². The number of rotatable bonds is 2. The van der Waals surface area contributed by atoms with Gasteiger partial charge in [0, 0.05) is 12.7 Å². The van der Waals surface area contributed by atoms with Gasteiger partial charge in [0.1, 0.15) is 6.07 Å². The smallest absolute Gasteiger partial charge is 0.328 e. The van der Waals surface area contributed by atoms with E-state index in [1.54, 1.807) is 11.0 Å². The Morgan fingerprint density at radius 1 is 1.71 bits per heavy atom. The molecular weight excluding hydrogens is 222 g/mol. The summed E-state index contributed by atoms with van der Waals surface area (Å²) in [4.78, 5) is 16.7. The Bertz CT molecular complexity index is 469. The molecule has 1 aromatic rings. The van der Waals surface area contributed by atoms with Gasteiger partial charge in [-0.1, -0.05) is 0 Å². The van der Waals surface area contributed by atoms with Crippen molar-refractivity contribution in [2.75, 3.05) is 24.7 Å². The number of hydrogen-bond acceptors (Lipinski definition) is 5. The number of carbonyl (C=O) groups is 1. The molecule has 17 heavy (non-hydrogen) atoms. The van der Waals surface area contributed by atoms with Gasteiger partial charge >= 0.3 is 5.97 Å². The van der Waals surface area contributed by atoms with Crippen LogP contribution in [0, 0.1) is 11.3 Å². The second kappa shape index (κ2) is 4.80. The predicted molar refractivity (Wildman–Crippen MR) is 58.5 cm³/mol. The van der Waals surface area contributed by atoms with E-state index in [0.717, 1.165) is 0 Å². The summed E-state index contributed by atoms with van der Waals surface area (Å²) in [6, 6.07) is 2.85. The number of hydrogen-bond donors (Lipinski definition) is 1. The molecule has 1 fully saturated rings. The largest absolute Gasteiger partial charge is 0.480 e. The Kier molecular flexibility index (Phi) is 3.21. The van der Waals surface area contributed by atoms with Crippen LogP contribution in [0.5, 0.6) is 0 Å². The van der Waals surface area contributed by atoms with Crippen LogP contribution >= 0.6 is 0 Å². The van der Waals surface area contributed by atoms with E-state index >= 15 is 0 Å². The number of aliphatic carboxylic acids is 1. The number of pyridine rings is 1. The molecule has 2 heterocycles. The number of carboxylic acids is 1. The van der Waals surface area contributed by atoms with E-state index in [1.807, 2.05) is 6.07 Å². The molecule has 1 aliphatic heterocycles. The molecule has 0 amide bonds.